The first kappa shape index (κ1) is 69.1. The molecule has 470 valence electrons. The average Bonchev–Trinajstić information content (AvgIpc) is 1.59. The van der Waals surface area contributed by atoms with Gasteiger partial charge in [0, 0.05) is 71.0 Å². The number of ether oxygens (including phenoxy) is 2. The fourth-order valence-electron chi connectivity index (χ4n) is 11.1. The molecule has 4 aromatic heterocycles. The number of hydrogen-bond acceptors (Lipinski definition) is 4. The molecule has 12 rings (SSSR count). The van der Waals surface area contributed by atoms with Crippen molar-refractivity contribution in [1.29, 1.82) is 0 Å². The smallest absolute Gasteiger partial charge is 0.265 e. The van der Waals surface area contributed by atoms with Gasteiger partial charge in [-0.05, 0) is 105 Å². The van der Waals surface area contributed by atoms with Crippen molar-refractivity contribution in [3.05, 3.63) is 236 Å². The fourth-order valence-corrected chi connectivity index (χ4v) is 13.6. The molecule has 0 saturated carbocycles. The molecule has 0 aliphatic heterocycles. The summed E-state index contributed by atoms with van der Waals surface area (Å²) in [5.74, 6) is 1.59. The standard InChI is InChI=1S/C64H64Cl4N2O4S2.2C7H7.Hf/c1-61(2,3)35-15-19-49-39(25-35)40-26-36(62(4,5)6)16-20-50(40)69(49)53-33-75-59(57(53)71)43-29-45(65)47(67)31-55(43)73-23-13-14-24-74-56-32-48(68)46(66)30-44(56)60-58(72)54(34-76-60)70-51-21-17-37(63(7,8)9)27-41(51)42-28-38(64(10,11)12)18-22-52(42)70;2*1-7-5-3-2-4-6-7;/h15-22,25-34,71-72H,13-14,23-24H2,1-12H3;2*2-6H,1H2;/q;2*-1;/p+2. The Balaban J connectivity index is 0.000000577. The van der Waals surface area contributed by atoms with E-state index in [-0.39, 0.29) is 59.0 Å². The monoisotopic (exact) mass is 1490 g/mol. The van der Waals surface area contributed by atoms with Crippen LogP contribution in [0.4, 0.5) is 0 Å². The van der Waals surface area contributed by atoms with E-state index in [9.17, 15) is 10.2 Å². The number of rotatable bonds is 11. The number of benzene rings is 8. The minimum absolute atomic E-state index is 0. The van der Waals surface area contributed by atoms with Crippen LogP contribution in [0.25, 0.3) is 75.9 Å². The fraction of sp³-hybridized carbons (Fsp3) is 0.256. The zero-order valence-corrected chi connectivity index (χ0v) is 62.2. The predicted molar refractivity (Wildman–Crippen MR) is 390 cm³/mol. The Morgan fingerprint density at radius 3 is 0.923 bits per heavy atom. The summed E-state index contributed by atoms with van der Waals surface area (Å²) in [6, 6.07) is 53.6. The summed E-state index contributed by atoms with van der Waals surface area (Å²) in [5.41, 5.74) is 13.9. The minimum atomic E-state index is -0.0366. The Morgan fingerprint density at radius 2 is 0.670 bits per heavy atom. The van der Waals surface area contributed by atoms with Crippen molar-refractivity contribution in [1.82, 2.24) is 9.13 Å². The molecule has 0 amide bonds. The van der Waals surface area contributed by atoms with Crippen molar-refractivity contribution in [2.45, 2.75) is 118 Å². The van der Waals surface area contributed by atoms with Gasteiger partial charge in [0.1, 0.15) is 0 Å². The van der Waals surface area contributed by atoms with Crippen LogP contribution in [0.2, 0.25) is 20.1 Å². The third-order valence-corrected chi connectivity index (χ3v) is 19.8. The van der Waals surface area contributed by atoms with E-state index in [1.165, 1.54) is 44.9 Å². The molecule has 91 heavy (non-hydrogen) atoms. The molecule has 0 spiro atoms. The van der Waals surface area contributed by atoms with Crippen molar-refractivity contribution in [3.8, 4) is 55.3 Å². The number of aromatic nitrogens is 2. The molecule has 0 aliphatic rings. The predicted octanol–water partition coefficient (Wildman–Crippen LogP) is 24.3. The number of unbranched alkanes of at least 4 members (excludes halogenated alkanes) is 1. The molecule has 8 aromatic carbocycles. The molecule has 6 nitrogen and oxygen atoms in total. The quantitative estimate of drug-likeness (QED) is 0.0586. The number of aromatic hydroxyl groups is 4. The maximum Gasteiger partial charge on any atom is 0.265 e. The summed E-state index contributed by atoms with van der Waals surface area (Å²) >= 11 is 29.7. The van der Waals surface area contributed by atoms with E-state index in [1.807, 2.05) is 71.4 Å². The molecule has 0 unspecified atom stereocenters. The van der Waals surface area contributed by atoms with Gasteiger partial charge in [0.15, 0.2) is 24.7 Å². The zero-order valence-electron chi connectivity index (χ0n) is 53.9. The summed E-state index contributed by atoms with van der Waals surface area (Å²) in [7, 11) is 0. The van der Waals surface area contributed by atoms with Crippen molar-refractivity contribution < 1.29 is 45.5 Å². The van der Waals surface area contributed by atoms with Crippen molar-refractivity contribution in [3.63, 3.8) is 0 Å². The summed E-state index contributed by atoms with van der Waals surface area (Å²) in [4.78, 5) is 1.31. The maximum atomic E-state index is 12.3. The molecule has 0 bridgehead atoms. The summed E-state index contributed by atoms with van der Waals surface area (Å²) in [6.07, 6.45) is 1.43. The molecule has 4 heterocycles. The van der Waals surface area contributed by atoms with Gasteiger partial charge in [0.25, 0.3) is 11.5 Å². The van der Waals surface area contributed by atoms with E-state index in [4.69, 9.17) is 55.9 Å². The van der Waals surface area contributed by atoms with Crippen molar-refractivity contribution in [2.24, 2.45) is 0 Å². The van der Waals surface area contributed by atoms with Crippen molar-refractivity contribution >= 4 is 113 Å². The molecule has 0 radical (unpaired) electrons. The molecular formula is C78H80Cl4HfN2O4S2. The number of nitrogens with zero attached hydrogens (tertiary/aromatic N) is 2. The Kier molecular flexibility index (Phi) is 21.1. The minimum Gasteiger partial charge on any atom is -0.582 e. The Morgan fingerprint density at radius 1 is 0.396 bits per heavy atom. The van der Waals surface area contributed by atoms with E-state index in [0.29, 0.717) is 89.9 Å². The first-order chi connectivity index (χ1) is 42.5. The van der Waals surface area contributed by atoms with Gasteiger partial charge in [-0.25, -0.2) is 0 Å². The van der Waals surface area contributed by atoms with E-state index in [1.54, 1.807) is 24.3 Å². The van der Waals surface area contributed by atoms with Crippen LogP contribution in [0.5, 0.6) is 23.0 Å². The second-order valence-corrected chi connectivity index (χ2v) is 30.6. The first-order valence-corrected chi connectivity index (χ1v) is 33.6. The van der Waals surface area contributed by atoms with Crippen LogP contribution in [-0.2, 0) is 47.5 Å². The van der Waals surface area contributed by atoms with Crippen LogP contribution in [0.3, 0.4) is 0 Å². The van der Waals surface area contributed by atoms with Crippen LogP contribution in [0.15, 0.2) is 168 Å². The summed E-state index contributed by atoms with van der Waals surface area (Å²) < 4.78 is 14.4. The second-order valence-electron chi connectivity index (χ2n) is 27.2. The first-order valence-electron chi connectivity index (χ1n) is 30.4. The topological polar surface area (TPSA) is 75.9 Å². The molecule has 0 saturated heterocycles. The Bertz CT molecular complexity index is 4140. The van der Waals surface area contributed by atoms with Gasteiger partial charge in [-0.2, -0.15) is 49.2 Å². The molecule has 13 heteroatoms. The number of aliphatic hydroxyl groups is 2. The number of halogens is 4. The van der Waals surface area contributed by atoms with Gasteiger partial charge in [-0.3, -0.25) is 0 Å². The van der Waals surface area contributed by atoms with Crippen LogP contribution in [0, 0.1) is 13.8 Å². The van der Waals surface area contributed by atoms with Crippen LogP contribution >= 0.6 is 69.1 Å². The average molecular weight is 1490 g/mol. The molecule has 0 aliphatic carbocycles. The van der Waals surface area contributed by atoms with E-state index >= 15 is 0 Å². The number of thiophene rings is 2. The van der Waals surface area contributed by atoms with E-state index in [2.05, 4.69) is 179 Å². The Hall–Kier alpha value is -6.27. The van der Waals surface area contributed by atoms with Gasteiger partial charge in [-0.1, -0.05) is 166 Å². The van der Waals surface area contributed by atoms with E-state index in [0.717, 1.165) is 54.7 Å². The van der Waals surface area contributed by atoms with E-state index < -0.39 is 0 Å². The van der Waals surface area contributed by atoms with Crippen molar-refractivity contribution in [2.75, 3.05) is 13.2 Å². The molecule has 0 atom stereocenters. The molecule has 0 fully saturated rings. The maximum absolute atomic E-state index is 12.3. The van der Waals surface area contributed by atoms with Gasteiger partial charge >= 0.3 is 0 Å². The molecule has 4 N–H and O–H groups in total. The third-order valence-electron chi connectivity index (χ3n) is 16.4. The number of hydrogen-bond donors (Lipinski definition) is 2. The number of fused-ring (bicyclic) bond motifs is 6. The SMILES string of the molecule is CC(C)(C)c1ccc2c(c1)c1cc(C(C)(C)C)ccc1n2-c1csc(-c2cc(Cl)c(Cl)cc2[OH+]CCCC[OH+]c2cc(Cl)c(Cl)cc2-c2scc(-n3c4ccc(C(C)(C)C)cc4c4cc(C(C)(C)C)ccc43)c2O)c1O.[CH2-]c1ccccc1.[CH2-]c1ccccc1.[Hf]. The van der Waals surface area contributed by atoms with Gasteiger partial charge in [-0.15, -0.1) is 46.9 Å². The molecule has 12 aromatic rings. The normalized spacial score (nSPS) is 12.0. The zero-order chi connectivity index (χ0) is 64.8. The second kappa shape index (κ2) is 27.7. The van der Waals surface area contributed by atoms with Gasteiger partial charge in [0.2, 0.25) is 0 Å². The Labute approximate surface area is 584 Å². The third kappa shape index (κ3) is 15.1. The van der Waals surface area contributed by atoms with Gasteiger partial charge in [0.05, 0.1) is 86.5 Å². The molecular weight excluding hydrogens is 1410 g/mol. The summed E-state index contributed by atoms with van der Waals surface area (Å²) in [6.45, 7) is 35.2. The van der Waals surface area contributed by atoms with Crippen LogP contribution < -0.4 is 0 Å². The summed E-state index contributed by atoms with van der Waals surface area (Å²) in [5, 5.41) is 34.7. The largest absolute Gasteiger partial charge is 0.582 e. The van der Waals surface area contributed by atoms with Crippen LogP contribution in [-0.4, -0.2) is 42.0 Å². The van der Waals surface area contributed by atoms with Crippen LogP contribution in [0.1, 0.15) is 129 Å². The van der Waals surface area contributed by atoms with Gasteiger partial charge < -0.3 is 28.8 Å².